The minimum atomic E-state index is -0.796. The zero-order valence-electron chi connectivity index (χ0n) is 18.1. The lowest BCUT2D eigenvalue weighted by Crippen LogP contribution is -2.47. The van der Waals surface area contributed by atoms with Gasteiger partial charge in [0.2, 0.25) is 0 Å². The second-order valence-electron chi connectivity index (χ2n) is 8.83. The molecule has 1 saturated heterocycles. The predicted molar refractivity (Wildman–Crippen MR) is 118 cm³/mol. The van der Waals surface area contributed by atoms with Gasteiger partial charge in [0, 0.05) is 12.7 Å². The van der Waals surface area contributed by atoms with Crippen molar-refractivity contribution >= 4 is 0 Å². The SMILES string of the molecule is N#Cc1ccc(OCCCN2CCC(C(O)(c3ccccn3)C3CCCC3)CC2)cn1. The largest absolute Gasteiger partial charge is 0.492 e. The molecule has 164 valence electrons. The standard InChI is InChI=1S/C25H32N4O2/c26-18-22-9-10-23(19-28-22)31-17-5-14-29-15-11-21(12-16-29)25(30,20-6-1-2-7-20)24-8-3-4-13-27-24/h3-4,8-10,13,19-21,30H,1-2,5-7,11-12,14-17H2. The third kappa shape index (κ3) is 5.06. The summed E-state index contributed by atoms with van der Waals surface area (Å²) >= 11 is 0. The molecule has 1 aliphatic carbocycles. The van der Waals surface area contributed by atoms with E-state index in [0.717, 1.165) is 57.4 Å². The molecular formula is C25H32N4O2. The van der Waals surface area contributed by atoms with Crippen molar-refractivity contribution in [1.29, 1.82) is 5.26 Å². The summed E-state index contributed by atoms with van der Waals surface area (Å²) in [4.78, 5) is 11.1. The maximum Gasteiger partial charge on any atom is 0.140 e. The van der Waals surface area contributed by atoms with Crippen LogP contribution in [0.1, 0.15) is 56.3 Å². The van der Waals surface area contributed by atoms with E-state index >= 15 is 0 Å². The van der Waals surface area contributed by atoms with E-state index in [9.17, 15) is 5.11 Å². The minimum absolute atomic E-state index is 0.266. The number of hydrogen-bond acceptors (Lipinski definition) is 6. The number of nitrogens with zero attached hydrogens (tertiary/aromatic N) is 4. The van der Waals surface area contributed by atoms with Gasteiger partial charge in [0.1, 0.15) is 23.1 Å². The van der Waals surface area contributed by atoms with Crippen LogP contribution in [0.25, 0.3) is 0 Å². The number of rotatable bonds is 8. The van der Waals surface area contributed by atoms with Gasteiger partial charge >= 0.3 is 0 Å². The maximum absolute atomic E-state index is 11.9. The fourth-order valence-electron chi connectivity index (χ4n) is 5.32. The summed E-state index contributed by atoms with van der Waals surface area (Å²) in [6, 6.07) is 11.4. The van der Waals surface area contributed by atoms with Crippen LogP contribution in [0.4, 0.5) is 0 Å². The van der Waals surface area contributed by atoms with Gasteiger partial charge in [-0.25, -0.2) is 4.98 Å². The number of nitriles is 1. The maximum atomic E-state index is 11.9. The summed E-state index contributed by atoms with van der Waals surface area (Å²) in [6.45, 7) is 3.63. The summed E-state index contributed by atoms with van der Waals surface area (Å²) in [5, 5.41) is 20.7. The number of ether oxygens (including phenoxy) is 1. The molecule has 1 N–H and O–H groups in total. The Morgan fingerprint density at radius 3 is 2.48 bits per heavy atom. The molecule has 1 unspecified atom stereocenters. The van der Waals surface area contributed by atoms with Crippen LogP contribution < -0.4 is 4.74 Å². The fourth-order valence-corrected chi connectivity index (χ4v) is 5.32. The van der Waals surface area contributed by atoms with Crippen LogP contribution in [0.15, 0.2) is 42.7 Å². The van der Waals surface area contributed by atoms with Gasteiger partial charge in [-0.3, -0.25) is 4.98 Å². The Balaban J connectivity index is 1.27. The number of piperidine rings is 1. The monoisotopic (exact) mass is 420 g/mol. The smallest absolute Gasteiger partial charge is 0.140 e. The van der Waals surface area contributed by atoms with Gasteiger partial charge < -0.3 is 14.7 Å². The second kappa shape index (κ2) is 10.2. The van der Waals surface area contributed by atoms with E-state index < -0.39 is 5.60 Å². The quantitative estimate of drug-likeness (QED) is 0.652. The molecule has 6 nitrogen and oxygen atoms in total. The highest BCUT2D eigenvalue weighted by Gasteiger charge is 2.47. The molecule has 0 amide bonds. The molecule has 3 heterocycles. The van der Waals surface area contributed by atoms with Gasteiger partial charge in [0.15, 0.2) is 0 Å². The van der Waals surface area contributed by atoms with E-state index in [-0.39, 0.29) is 5.92 Å². The zero-order chi connectivity index (χ0) is 21.5. The van der Waals surface area contributed by atoms with Gasteiger partial charge in [-0.2, -0.15) is 5.26 Å². The van der Waals surface area contributed by atoms with E-state index in [1.54, 1.807) is 18.3 Å². The highest BCUT2D eigenvalue weighted by Crippen LogP contribution is 2.47. The number of hydrogen-bond donors (Lipinski definition) is 1. The molecule has 0 bridgehead atoms. The Labute approximate surface area is 184 Å². The van der Waals surface area contributed by atoms with Crippen molar-refractivity contribution in [3.8, 4) is 11.8 Å². The molecule has 1 aliphatic heterocycles. The zero-order valence-corrected chi connectivity index (χ0v) is 18.1. The number of pyridine rings is 2. The van der Waals surface area contributed by atoms with Gasteiger partial charge in [-0.15, -0.1) is 0 Å². The highest BCUT2D eigenvalue weighted by molar-refractivity contribution is 5.26. The normalized spacial score (nSPS) is 20.3. The van der Waals surface area contributed by atoms with Crippen LogP contribution >= 0.6 is 0 Å². The van der Waals surface area contributed by atoms with E-state index in [1.807, 2.05) is 30.5 Å². The third-order valence-corrected chi connectivity index (χ3v) is 7.00. The molecular weight excluding hydrogens is 388 g/mol. The summed E-state index contributed by atoms with van der Waals surface area (Å²) in [5.41, 5.74) is 0.471. The van der Waals surface area contributed by atoms with Gasteiger partial charge in [-0.1, -0.05) is 18.9 Å². The van der Waals surface area contributed by atoms with Gasteiger partial charge in [-0.05, 0) is 81.3 Å². The molecule has 2 aliphatic rings. The van der Waals surface area contributed by atoms with Crippen molar-refractivity contribution in [2.45, 2.75) is 50.5 Å². The van der Waals surface area contributed by atoms with Crippen molar-refractivity contribution in [3.63, 3.8) is 0 Å². The highest BCUT2D eigenvalue weighted by atomic mass is 16.5. The van der Waals surface area contributed by atoms with Crippen molar-refractivity contribution in [2.75, 3.05) is 26.2 Å². The molecule has 4 rings (SSSR count). The fraction of sp³-hybridized carbons (Fsp3) is 0.560. The Kier molecular flexibility index (Phi) is 7.16. The molecule has 2 aromatic rings. The van der Waals surface area contributed by atoms with E-state index in [1.165, 1.54) is 12.8 Å². The summed E-state index contributed by atoms with van der Waals surface area (Å²) < 4.78 is 5.75. The molecule has 2 fully saturated rings. The average molecular weight is 421 g/mol. The predicted octanol–water partition coefficient (Wildman–Crippen LogP) is 3.91. The lowest BCUT2D eigenvalue weighted by Gasteiger charge is -2.44. The first-order valence-corrected chi connectivity index (χ1v) is 11.6. The topological polar surface area (TPSA) is 82.3 Å². The summed E-state index contributed by atoms with van der Waals surface area (Å²) in [7, 11) is 0. The van der Waals surface area contributed by atoms with Crippen molar-refractivity contribution in [2.24, 2.45) is 11.8 Å². The van der Waals surface area contributed by atoms with Crippen molar-refractivity contribution in [1.82, 2.24) is 14.9 Å². The second-order valence-corrected chi connectivity index (χ2v) is 8.83. The Morgan fingerprint density at radius 1 is 1.06 bits per heavy atom. The van der Waals surface area contributed by atoms with Gasteiger partial charge in [0.05, 0.1) is 18.5 Å². The molecule has 31 heavy (non-hydrogen) atoms. The Bertz CT molecular complexity index is 853. The molecule has 0 aromatic carbocycles. The number of aliphatic hydroxyl groups is 1. The van der Waals surface area contributed by atoms with E-state index in [0.29, 0.717) is 24.0 Å². The molecule has 1 atom stereocenters. The average Bonchev–Trinajstić information content (AvgIpc) is 3.38. The summed E-state index contributed by atoms with van der Waals surface area (Å²) in [6.07, 6.45) is 11.0. The number of likely N-dealkylation sites (tertiary alicyclic amines) is 1. The van der Waals surface area contributed by atoms with Crippen LogP contribution in [-0.2, 0) is 5.60 Å². The van der Waals surface area contributed by atoms with Crippen molar-refractivity contribution < 1.29 is 9.84 Å². The number of aromatic nitrogens is 2. The Hall–Kier alpha value is -2.49. The minimum Gasteiger partial charge on any atom is -0.492 e. The molecule has 0 radical (unpaired) electrons. The van der Waals surface area contributed by atoms with Gasteiger partial charge in [0.25, 0.3) is 0 Å². The lowest BCUT2D eigenvalue weighted by molar-refractivity contribution is -0.0965. The van der Waals surface area contributed by atoms with E-state index in [4.69, 9.17) is 10.00 Å². The molecule has 2 aromatic heterocycles. The molecule has 1 saturated carbocycles. The third-order valence-electron chi connectivity index (χ3n) is 7.00. The van der Waals surface area contributed by atoms with Crippen LogP contribution in [0.5, 0.6) is 5.75 Å². The lowest BCUT2D eigenvalue weighted by atomic mass is 9.70. The van der Waals surface area contributed by atoms with Crippen molar-refractivity contribution in [3.05, 3.63) is 54.1 Å². The molecule has 0 spiro atoms. The first-order chi connectivity index (χ1) is 15.2. The first kappa shape index (κ1) is 21.7. The van der Waals surface area contributed by atoms with Crippen LogP contribution in [0.2, 0.25) is 0 Å². The molecule has 6 heteroatoms. The summed E-state index contributed by atoms with van der Waals surface area (Å²) in [5.74, 6) is 1.30. The van der Waals surface area contributed by atoms with Crippen LogP contribution in [0, 0.1) is 23.2 Å². The van der Waals surface area contributed by atoms with E-state index in [2.05, 4.69) is 14.9 Å². The Morgan fingerprint density at radius 2 is 1.84 bits per heavy atom. The first-order valence-electron chi connectivity index (χ1n) is 11.6. The van der Waals surface area contributed by atoms with Crippen LogP contribution in [-0.4, -0.2) is 46.2 Å². The van der Waals surface area contributed by atoms with Crippen LogP contribution in [0.3, 0.4) is 0 Å².